The van der Waals surface area contributed by atoms with Gasteiger partial charge in [-0.05, 0) is 53.6 Å². The van der Waals surface area contributed by atoms with Gasteiger partial charge in [0, 0.05) is 17.0 Å². The summed E-state index contributed by atoms with van der Waals surface area (Å²) >= 11 is 7.99. The Bertz CT molecular complexity index is 848. The van der Waals surface area contributed by atoms with Crippen LogP contribution in [-0.2, 0) is 13.5 Å². The first-order valence-corrected chi connectivity index (χ1v) is 8.67. The summed E-state index contributed by atoms with van der Waals surface area (Å²) in [7, 11) is 2.01. The van der Waals surface area contributed by atoms with E-state index in [-0.39, 0.29) is 0 Å². The fourth-order valence-corrected chi connectivity index (χ4v) is 4.11. The highest BCUT2D eigenvalue weighted by atomic mass is 35.5. The molecular formula is C18H16ClN3S. The average molecular weight is 342 g/mol. The van der Waals surface area contributed by atoms with Gasteiger partial charge in [0.1, 0.15) is 0 Å². The zero-order chi connectivity index (χ0) is 15.8. The van der Waals surface area contributed by atoms with E-state index in [1.54, 1.807) is 11.8 Å². The van der Waals surface area contributed by atoms with Crippen molar-refractivity contribution in [2.75, 3.05) is 0 Å². The standard InChI is InChI=1S/C18H16ClN3S/c1-22-11-20-10-18(22)23-17-8-13-3-2-6-21-16(13)7-12-4-5-14(19)9-15(12)17/h2-6,8-11,16,21H,7H2,1H3. The van der Waals surface area contributed by atoms with Gasteiger partial charge in [0.25, 0.3) is 0 Å². The number of nitrogens with zero attached hydrogens (tertiary/aromatic N) is 2. The third-order valence-electron chi connectivity index (χ3n) is 4.13. The lowest BCUT2D eigenvalue weighted by molar-refractivity contribution is 0.668. The van der Waals surface area contributed by atoms with Gasteiger partial charge >= 0.3 is 0 Å². The molecule has 23 heavy (non-hydrogen) atoms. The molecule has 0 saturated carbocycles. The summed E-state index contributed by atoms with van der Waals surface area (Å²) in [5, 5.41) is 5.33. The topological polar surface area (TPSA) is 29.9 Å². The molecule has 3 nitrogen and oxygen atoms in total. The van der Waals surface area contributed by atoms with Gasteiger partial charge in [0.15, 0.2) is 0 Å². The number of aryl methyl sites for hydroxylation is 1. The minimum absolute atomic E-state index is 0.310. The number of allylic oxidation sites excluding steroid dienone is 2. The van der Waals surface area contributed by atoms with Crippen LogP contribution >= 0.6 is 23.4 Å². The number of halogens is 1. The van der Waals surface area contributed by atoms with Crippen LogP contribution in [0.2, 0.25) is 5.02 Å². The van der Waals surface area contributed by atoms with Gasteiger partial charge in [-0.2, -0.15) is 0 Å². The van der Waals surface area contributed by atoms with Crippen LogP contribution in [-0.4, -0.2) is 15.6 Å². The van der Waals surface area contributed by atoms with Crippen LogP contribution in [0.4, 0.5) is 0 Å². The Morgan fingerprint density at radius 2 is 2.30 bits per heavy atom. The van der Waals surface area contributed by atoms with Crippen molar-refractivity contribution < 1.29 is 0 Å². The highest BCUT2D eigenvalue weighted by Crippen LogP contribution is 2.40. The lowest BCUT2D eigenvalue weighted by Gasteiger charge is -2.20. The maximum atomic E-state index is 6.26. The summed E-state index contributed by atoms with van der Waals surface area (Å²) in [5.41, 5.74) is 3.82. The molecule has 2 aliphatic rings. The molecule has 0 fully saturated rings. The highest BCUT2D eigenvalue weighted by molar-refractivity contribution is 8.08. The smallest absolute Gasteiger partial charge is 0.0992 e. The predicted octanol–water partition coefficient (Wildman–Crippen LogP) is 4.17. The number of thioether (sulfide) groups is 1. The van der Waals surface area contributed by atoms with Crippen LogP contribution in [0.5, 0.6) is 0 Å². The van der Waals surface area contributed by atoms with Gasteiger partial charge in [-0.1, -0.05) is 35.5 Å². The number of nitrogens with one attached hydrogen (secondary N) is 1. The van der Waals surface area contributed by atoms with Crippen molar-refractivity contribution in [2.45, 2.75) is 17.5 Å². The second-order valence-electron chi connectivity index (χ2n) is 5.70. The highest BCUT2D eigenvalue weighted by Gasteiger charge is 2.23. The van der Waals surface area contributed by atoms with E-state index >= 15 is 0 Å². The summed E-state index contributed by atoms with van der Waals surface area (Å²) < 4.78 is 2.03. The number of benzene rings is 1. The van der Waals surface area contributed by atoms with Gasteiger partial charge in [-0.15, -0.1) is 0 Å². The Morgan fingerprint density at radius 1 is 1.39 bits per heavy atom. The summed E-state index contributed by atoms with van der Waals surface area (Å²) in [6.45, 7) is 0. The Balaban J connectivity index is 1.83. The first-order valence-electron chi connectivity index (χ1n) is 7.48. The van der Waals surface area contributed by atoms with Crippen molar-refractivity contribution in [3.63, 3.8) is 0 Å². The third kappa shape index (κ3) is 2.84. The number of aromatic nitrogens is 2. The normalized spacial score (nSPS) is 19.1. The minimum atomic E-state index is 0.310. The maximum absolute atomic E-state index is 6.26. The lowest BCUT2D eigenvalue weighted by atomic mass is 9.98. The summed E-state index contributed by atoms with van der Waals surface area (Å²) in [4.78, 5) is 5.42. The molecule has 0 spiro atoms. The molecule has 1 aliphatic heterocycles. The van der Waals surface area contributed by atoms with Crippen molar-refractivity contribution in [1.82, 2.24) is 14.9 Å². The largest absolute Gasteiger partial charge is 0.384 e. The number of fused-ring (bicyclic) bond motifs is 2. The molecule has 5 heteroatoms. The molecule has 0 saturated heterocycles. The molecule has 0 bridgehead atoms. The Kier molecular flexibility index (Phi) is 3.79. The van der Waals surface area contributed by atoms with Gasteiger partial charge in [-0.25, -0.2) is 4.98 Å². The van der Waals surface area contributed by atoms with E-state index in [2.05, 4.69) is 40.7 Å². The van der Waals surface area contributed by atoms with Crippen LogP contribution in [0.1, 0.15) is 11.1 Å². The number of imidazole rings is 1. The molecular weight excluding hydrogens is 326 g/mol. The Labute approximate surface area is 144 Å². The van der Waals surface area contributed by atoms with E-state index in [1.807, 2.05) is 36.4 Å². The number of hydrogen-bond donors (Lipinski definition) is 1. The van der Waals surface area contributed by atoms with Crippen molar-refractivity contribution in [2.24, 2.45) is 7.05 Å². The first-order chi connectivity index (χ1) is 11.2. The molecule has 1 aliphatic carbocycles. The molecule has 1 aromatic carbocycles. The quantitative estimate of drug-likeness (QED) is 0.888. The first kappa shape index (κ1) is 14.7. The molecule has 0 radical (unpaired) electrons. The monoisotopic (exact) mass is 341 g/mol. The third-order valence-corrected chi connectivity index (χ3v) is 5.53. The molecule has 1 aromatic heterocycles. The van der Waals surface area contributed by atoms with E-state index in [0.717, 1.165) is 16.5 Å². The van der Waals surface area contributed by atoms with E-state index in [0.29, 0.717) is 6.04 Å². The fraction of sp³-hybridized carbons (Fsp3) is 0.167. The van der Waals surface area contributed by atoms with Crippen LogP contribution < -0.4 is 5.32 Å². The van der Waals surface area contributed by atoms with E-state index in [1.165, 1.54) is 21.6 Å². The van der Waals surface area contributed by atoms with Gasteiger partial charge in [0.2, 0.25) is 0 Å². The Hall–Kier alpha value is -1.91. The van der Waals surface area contributed by atoms with Crippen LogP contribution in [0, 0.1) is 0 Å². The second kappa shape index (κ2) is 5.95. The zero-order valence-corrected chi connectivity index (χ0v) is 14.2. The number of hydrogen-bond acceptors (Lipinski definition) is 3. The van der Waals surface area contributed by atoms with E-state index in [4.69, 9.17) is 11.6 Å². The van der Waals surface area contributed by atoms with Crippen LogP contribution in [0.25, 0.3) is 4.91 Å². The van der Waals surface area contributed by atoms with Crippen molar-refractivity contribution in [3.8, 4) is 0 Å². The number of rotatable bonds is 2. The predicted molar refractivity (Wildman–Crippen MR) is 96.3 cm³/mol. The van der Waals surface area contributed by atoms with E-state index < -0.39 is 0 Å². The van der Waals surface area contributed by atoms with Gasteiger partial charge < -0.3 is 9.88 Å². The fourth-order valence-electron chi connectivity index (χ4n) is 2.91. The molecule has 1 N–H and O–H groups in total. The summed E-state index contributed by atoms with van der Waals surface area (Å²) in [6.07, 6.45) is 13.2. The lowest BCUT2D eigenvalue weighted by Crippen LogP contribution is -2.29. The minimum Gasteiger partial charge on any atom is -0.384 e. The SMILES string of the molecule is Cn1cncc1SC1=CC2=CC=CNC2Cc2ccc(Cl)cc21. The van der Waals surface area contributed by atoms with Crippen molar-refractivity contribution in [1.29, 1.82) is 0 Å². The summed E-state index contributed by atoms with van der Waals surface area (Å²) in [6, 6.07) is 6.49. The molecule has 1 unspecified atom stereocenters. The molecule has 1 atom stereocenters. The van der Waals surface area contributed by atoms with Crippen molar-refractivity contribution in [3.05, 3.63) is 76.9 Å². The molecule has 116 valence electrons. The van der Waals surface area contributed by atoms with Crippen molar-refractivity contribution >= 4 is 28.3 Å². The molecule has 2 aromatic rings. The maximum Gasteiger partial charge on any atom is 0.0992 e. The summed E-state index contributed by atoms with van der Waals surface area (Å²) in [5.74, 6) is 0. The van der Waals surface area contributed by atoms with Gasteiger partial charge in [0.05, 0.1) is 23.6 Å². The second-order valence-corrected chi connectivity index (χ2v) is 7.20. The van der Waals surface area contributed by atoms with Gasteiger partial charge in [-0.3, -0.25) is 0 Å². The molecule has 0 amide bonds. The molecule has 4 rings (SSSR count). The van der Waals surface area contributed by atoms with Crippen LogP contribution in [0.3, 0.4) is 0 Å². The van der Waals surface area contributed by atoms with E-state index in [9.17, 15) is 0 Å². The molecule has 2 heterocycles. The number of dihydropyridines is 1. The zero-order valence-electron chi connectivity index (χ0n) is 12.7. The Morgan fingerprint density at radius 3 is 3.13 bits per heavy atom. The average Bonchev–Trinajstić information content (AvgIpc) is 2.88. The van der Waals surface area contributed by atoms with Crippen LogP contribution in [0.15, 0.2) is 65.8 Å².